The number of piperidine rings is 1. The Balaban J connectivity index is 2.21. The summed E-state index contributed by atoms with van der Waals surface area (Å²) < 4.78 is 0. The molecule has 0 unspecified atom stereocenters. The minimum atomic E-state index is -0.273. The molecule has 0 aliphatic carbocycles. The molecule has 5 nitrogen and oxygen atoms in total. The molecule has 0 aromatic heterocycles. The molecule has 1 aromatic rings. The van der Waals surface area contributed by atoms with E-state index in [4.69, 9.17) is 5.73 Å². The first kappa shape index (κ1) is 17.5. The van der Waals surface area contributed by atoms with Crippen LogP contribution in [0.25, 0.3) is 0 Å². The second-order valence-corrected chi connectivity index (χ2v) is 6.04. The predicted molar refractivity (Wildman–Crippen MR) is 90.6 cm³/mol. The summed E-state index contributed by atoms with van der Waals surface area (Å²) in [6.07, 6.45) is 1.45. The first-order valence-corrected chi connectivity index (χ1v) is 8.45. The number of likely N-dealkylation sites (tertiary alicyclic amines) is 1. The Morgan fingerprint density at radius 1 is 1.17 bits per heavy atom. The van der Waals surface area contributed by atoms with Gasteiger partial charge in [-0.25, -0.2) is 0 Å². The van der Waals surface area contributed by atoms with E-state index in [9.17, 15) is 9.59 Å². The lowest BCUT2D eigenvalue weighted by Gasteiger charge is -2.38. The number of primary amides is 1. The van der Waals surface area contributed by atoms with Gasteiger partial charge in [-0.3, -0.25) is 14.5 Å². The monoisotopic (exact) mass is 317 g/mol. The topological polar surface area (TPSA) is 66.6 Å². The Labute approximate surface area is 138 Å². The second-order valence-electron chi connectivity index (χ2n) is 6.04. The Morgan fingerprint density at radius 3 is 2.22 bits per heavy atom. The summed E-state index contributed by atoms with van der Waals surface area (Å²) in [5.41, 5.74) is 6.43. The number of carbonyl (C=O) groups excluding carboxylic acids is 2. The Hall–Kier alpha value is -1.88. The molecule has 2 N–H and O–H groups in total. The van der Waals surface area contributed by atoms with Gasteiger partial charge in [0.05, 0.1) is 0 Å². The summed E-state index contributed by atoms with van der Waals surface area (Å²) in [6, 6.07) is 9.63. The maximum absolute atomic E-state index is 13.0. The molecule has 2 amide bonds. The number of hydrogen-bond donors (Lipinski definition) is 1. The summed E-state index contributed by atoms with van der Waals surface area (Å²) in [5, 5.41) is 0. The number of hydrogen-bond acceptors (Lipinski definition) is 3. The van der Waals surface area contributed by atoms with Crippen molar-refractivity contribution in [3.05, 3.63) is 35.9 Å². The SMILES string of the molecule is CCN(CC)C(=O)[C@H](c1ccccc1)N1CCC(C(N)=O)CC1. The van der Waals surface area contributed by atoms with E-state index in [1.165, 1.54) is 0 Å². The molecule has 1 aliphatic heterocycles. The van der Waals surface area contributed by atoms with Crippen LogP contribution in [0.4, 0.5) is 0 Å². The fourth-order valence-electron chi connectivity index (χ4n) is 3.30. The minimum Gasteiger partial charge on any atom is -0.369 e. The average Bonchev–Trinajstić information content (AvgIpc) is 2.57. The zero-order valence-electron chi connectivity index (χ0n) is 14.1. The van der Waals surface area contributed by atoms with Crippen molar-refractivity contribution >= 4 is 11.8 Å². The van der Waals surface area contributed by atoms with Gasteiger partial charge in [-0.05, 0) is 45.3 Å². The molecule has 2 rings (SSSR count). The summed E-state index contributed by atoms with van der Waals surface area (Å²) in [7, 11) is 0. The van der Waals surface area contributed by atoms with E-state index in [0.29, 0.717) is 13.1 Å². The molecule has 1 aliphatic rings. The third-order valence-corrected chi connectivity index (χ3v) is 4.72. The summed E-state index contributed by atoms with van der Waals surface area (Å²) in [5.74, 6) is -0.152. The highest BCUT2D eigenvalue weighted by Crippen LogP contribution is 2.28. The summed E-state index contributed by atoms with van der Waals surface area (Å²) in [4.78, 5) is 28.4. The summed E-state index contributed by atoms with van der Waals surface area (Å²) in [6.45, 7) is 6.86. The van der Waals surface area contributed by atoms with Crippen molar-refractivity contribution in [3.63, 3.8) is 0 Å². The molecule has 0 spiro atoms. The van der Waals surface area contributed by atoms with Gasteiger partial charge in [0.15, 0.2) is 0 Å². The first-order valence-electron chi connectivity index (χ1n) is 8.45. The standard InChI is InChI=1S/C18H27N3O2/c1-3-20(4-2)18(23)16(14-8-6-5-7-9-14)21-12-10-15(11-13-21)17(19)22/h5-9,15-16H,3-4,10-13H2,1-2H3,(H2,19,22)/t16-/m0/s1. The van der Waals surface area contributed by atoms with Gasteiger partial charge in [-0.15, -0.1) is 0 Å². The van der Waals surface area contributed by atoms with Gasteiger partial charge in [0.2, 0.25) is 11.8 Å². The van der Waals surface area contributed by atoms with Gasteiger partial charge >= 0.3 is 0 Å². The van der Waals surface area contributed by atoms with E-state index < -0.39 is 0 Å². The molecule has 1 atom stereocenters. The van der Waals surface area contributed by atoms with E-state index in [-0.39, 0.29) is 23.8 Å². The van der Waals surface area contributed by atoms with E-state index in [2.05, 4.69) is 4.90 Å². The fourth-order valence-corrected chi connectivity index (χ4v) is 3.30. The maximum atomic E-state index is 13.0. The van der Waals surface area contributed by atoms with Crippen molar-refractivity contribution in [1.82, 2.24) is 9.80 Å². The van der Waals surface area contributed by atoms with Gasteiger partial charge in [0.25, 0.3) is 0 Å². The molecule has 1 fully saturated rings. The van der Waals surface area contributed by atoms with Crippen molar-refractivity contribution in [2.24, 2.45) is 11.7 Å². The number of carbonyl (C=O) groups is 2. The van der Waals surface area contributed by atoms with Crippen LogP contribution in [0, 0.1) is 5.92 Å². The number of benzene rings is 1. The fraction of sp³-hybridized carbons (Fsp3) is 0.556. The number of nitrogens with zero attached hydrogens (tertiary/aromatic N) is 2. The Kier molecular flexibility index (Phi) is 6.16. The van der Waals surface area contributed by atoms with E-state index in [1.54, 1.807) is 0 Å². The lowest BCUT2D eigenvalue weighted by atomic mass is 9.93. The van der Waals surface area contributed by atoms with E-state index in [0.717, 1.165) is 31.5 Å². The van der Waals surface area contributed by atoms with Gasteiger partial charge in [-0.1, -0.05) is 30.3 Å². The molecule has 1 heterocycles. The zero-order chi connectivity index (χ0) is 16.8. The van der Waals surface area contributed by atoms with Crippen LogP contribution >= 0.6 is 0 Å². The molecule has 1 saturated heterocycles. The van der Waals surface area contributed by atoms with Crippen LogP contribution in [-0.4, -0.2) is 47.8 Å². The van der Waals surface area contributed by atoms with Crippen molar-refractivity contribution in [1.29, 1.82) is 0 Å². The normalized spacial score (nSPS) is 17.7. The van der Waals surface area contributed by atoms with Gasteiger partial charge < -0.3 is 10.6 Å². The van der Waals surface area contributed by atoms with Crippen LogP contribution in [0.15, 0.2) is 30.3 Å². The molecular weight excluding hydrogens is 290 g/mol. The highest BCUT2D eigenvalue weighted by Gasteiger charge is 2.34. The number of likely N-dealkylation sites (N-methyl/N-ethyl adjacent to an activating group) is 1. The van der Waals surface area contributed by atoms with Crippen molar-refractivity contribution in [2.45, 2.75) is 32.7 Å². The van der Waals surface area contributed by atoms with Crippen molar-refractivity contribution in [3.8, 4) is 0 Å². The minimum absolute atomic E-state index is 0.0637. The zero-order valence-corrected chi connectivity index (χ0v) is 14.1. The highest BCUT2D eigenvalue weighted by atomic mass is 16.2. The lowest BCUT2D eigenvalue weighted by molar-refractivity contribution is -0.137. The maximum Gasteiger partial charge on any atom is 0.244 e. The summed E-state index contributed by atoms with van der Waals surface area (Å²) >= 11 is 0. The predicted octanol–water partition coefficient (Wildman–Crippen LogP) is 1.79. The third kappa shape index (κ3) is 4.10. The highest BCUT2D eigenvalue weighted by molar-refractivity contribution is 5.83. The number of nitrogens with two attached hydrogens (primary N) is 1. The van der Waals surface area contributed by atoms with Gasteiger partial charge in [0.1, 0.15) is 6.04 Å². The Bertz CT molecular complexity index is 520. The van der Waals surface area contributed by atoms with E-state index >= 15 is 0 Å². The molecule has 1 aromatic carbocycles. The molecular formula is C18H27N3O2. The van der Waals surface area contributed by atoms with Crippen LogP contribution in [0.2, 0.25) is 0 Å². The first-order chi connectivity index (χ1) is 11.1. The van der Waals surface area contributed by atoms with Crippen molar-refractivity contribution in [2.75, 3.05) is 26.2 Å². The smallest absolute Gasteiger partial charge is 0.244 e. The quantitative estimate of drug-likeness (QED) is 0.870. The molecule has 126 valence electrons. The van der Waals surface area contributed by atoms with E-state index in [1.807, 2.05) is 49.1 Å². The molecule has 5 heteroatoms. The Morgan fingerprint density at radius 2 is 1.74 bits per heavy atom. The van der Waals surface area contributed by atoms with Crippen LogP contribution in [0.3, 0.4) is 0 Å². The van der Waals surface area contributed by atoms with Gasteiger partial charge in [-0.2, -0.15) is 0 Å². The lowest BCUT2D eigenvalue weighted by Crippen LogP contribution is -2.47. The largest absolute Gasteiger partial charge is 0.369 e. The molecule has 0 saturated carbocycles. The molecule has 23 heavy (non-hydrogen) atoms. The van der Waals surface area contributed by atoms with Crippen LogP contribution in [0.5, 0.6) is 0 Å². The molecule has 0 bridgehead atoms. The van der Waals surface area contributed by atoms with Crippen LogP contribution in [0.1, 0.15) is 38.3 Å². The second kappa shape index (κ2) is 8.11. The number of rotatable bonds is 6. The van der Waals surface area contributed by atoms with Gasteiger partial charge in [0, 0.05) is 19.0 Å². The average molecular weight is 317 g/mol. The van der Waals surface area contributed by atoms with Crippen LogP contribution in [-0.2, 0) is 9.59 Å². The van der Waals surface area contributed by atoms with Crippen LogP contribution < -0.4 is 5.73 Å². The third-order valence-electron chi connectivity index (χ3n) is 4.72. The molecule has 0 radical (unpaired) electrons. The number of amides is 2. The van der Waals surface area contributed by atoms with Crippen molar-refractivity contribution < 1.29 is 9.59 Å².